The van der Waals surface area contributed by atoms with E-state index in [9.17, 15) is 0 Å². The van der Waals surface area contributed by atoms with Crippen LogP contribution in [0.5, 0.6) is 0 Å². The monoisotopic (exact) mass is 360 g/mol. The van der Waals surface area contributed by atoms with Gasteiger partial charge in [-0.15, -0.1) is 0 Å². The molecule has 0 saturated carbocycles. The van der Waals surface area contributed by atoms with Gasteiger partial charge in [0.1, 0.15) is 0 Å². The van der Waals surface area contributed by atoms with Crippen LogP contribution >= 0.6 is 0 Å². The van der Waals surface area contributed by atoms with Gasteiger partial charge in [0.25, 0.3) is 5.97 Å². The van der Waals surface area contributed by atoms with Crippen molar-refractivity contribution < 1.29 is 58.0 Å². The third-order valence-corrected chi connectivity index (χ3v) is 0. The fraction of sp³-hybridized carbons (Fsp3) is 0.833. The molecular weight excluding hydrogens is 336 g/mol. The maximum absolute atomic E-state index is 9.00. The number of hydrogen-bond acceptors (Lipinski definition) is 4. The van der Waals surface area contributed by atoms with Crippen molar-refractivity contribution in [2.45, 2.75) is 36.6 Å². The van der Waals surface area contributed by atoms with Crippen molar-refractivity contribution in [2.75, 3.05) is 0 Å². The first-order valence-electron chi connectivity index (χ1n) is 0.928. The zero-order valence-corrected chi connectivity index (χ0v) is 15.0. The van der Waals surface area contributed by atoms with Gasteiger partial charge in [0.15, 0.2) is 0 Å². The van der Waals surface area contributed by atoms with Gasteiger partial charge >= 0.3 is 93.6 Å². The van der Waals surface area contributed by atoms with Gasteiger partial charge in [-0.3, -0.25) is 4.79 Å². The third kappa shape index (κ3) is 700. The van der Waals surface area contributed by atoms with Gasteiger partial charge in [0, 0.05) is 6.92 Å². The molecule has 6 nitrogen and oxygen atoms in total. The van der Waals surface area contributed by atoms with E-state index in [0.717, 1.165) is 6.92 Å². The fourth-order valence-corrected chi connectivity index (χ4v) is 0. The molecule has 0 aromatic rings. The number of carboxylic acids is 1. The standard InChI is InChI=1S/C2H4O2.4CH4.2ClH.4Mg.4H2O/c1-2(3)4;;;;;;;;;;;;;;/h1H3,(H,3,4);4*1H4;2*1H;;;;;4*1H2/q;;;;;;;4*+2;;;;/p-4. The molecule has 0 radical (unpaired) electrons. The van der Waals surface area contributed by atoms with Crippen LogP contribution in [0.1, 0.15) is 38.1 Å². The normalized spacial score (nSPS) is 1.39. The maximum Gasteiger partial charge on any atom is 2.00 e. The Bertz CT molecular complexity index is 62.7. The first kappa shape index (κ1) is 235. The minimum Gasteiger partial charge on any atom is -1.00 e. The van der Waals surface area contributed by atoms with Crippen LogP contribution in [0.25, 0.3) is 0 Å². The smallest absolute Gasteiger partial charge is 1.00 e. The Morgan fingerprint density at radius 3 is 0.778 bits per heavy atom. The van der Waals surface area contributed by atoms with Crippen LogP contribution < -0.4 is 24.8 Å². The molecule has 0 fully saturated rings. The van der Waals surface area contributed by atoms with Crippen LogP contribution in [0.15, 0.2) is 0 Å². The molecular formula is C6H26Cl2Mg4O6+4. The molecule has 0 spiro atoms. The van der Waals surface area contributed by atoms with E-state index in [4.69, 9.17) is 9.90 Å². The van der Waals surface area contributed by atoms with Crippen molar-refractivity contribution >= 4 is 98.2 Å². The van der Waals surface area contributed by atoms with Crippen molar-refractivity contribution in [3.8, 4) is 0 Å². The molecule has 18 heavy (non-hydrogen) atoms. The van der Waals surface area contributed by atoms with Crippen molar-refractivity contribution in [1.29, 1.82) is 0 Å². The largest absolute Gasteiger partial charge is 2.00 e. The summed E-state index contributed by atoms with van der Waals surface area (Å²) in [6.07, 6.45) is 0. The SMILES string of the molecule is C.C.C.C.CC(=O)O.O.[Cl-].[Cl-].[H+].[Mg+2].[Mg+2].[Mg+2].[Mg+2].[OH-].[OH-].[OH-]. The van der Waals surface area contributed by atoms with E-state index in [1.165, 1.54) is 0 Å². The summed E-state index contributed by atoms with van der Waals surface area (Å²) in [7, 11) is 0. The molecule has 0 amide bonds. The number of halogens is 2. The van der Waals surface area contributed by atoms with Gasteiger partial charge in [-0.2, -0.15) is 0 Å². The van der Waals surface area contributed by atoms with Crippen LogP contribution in [0, 0.1) is 0 Å². The van der Waals surface area contributed by atoms with E-state index in [-0.39, 0.29) is 170 Å². The van der Waals surface area contributed by atoms with Crippen LogP contribution in [0.2, 0.25) is 0 Å². The van der Waals surface area contributed by atoms with Crippen LogP contribution in [-0.2, 0) is 4.79 Å². The molecule has 6 N–H and O–H groups in total. The first-order chi connectivity index (χ1) is 1.73. The predicted octanol–water partition coefficient (Wildman–Crippen LogP) is -6.12. The molecule has 12 heteroatoms. The first-order valence-corrected chi connectivity index (χ1v) is 0.928. The summed E-state index contributed by atoms with van der Waals surface area (Å²) < 4.78 is 0. The molecule has 0 aromatic heterocycles. The number of carbonyl (C=O) groups is 1. The predicted molar refractivity (Wildman–Crippen MR) is 73.8 cm³/mol. The molecule has 104 valence electrons. The zero-order chi connectivity index (χ0) is 3.58. The van der Waals surface area contributed by atoms with Crippen LogP contribution in [-0.4, -0.2) is 125 Å². The van der Waals surface area contributed by atoms with E-state index < -0.39 is 5.97 Å². The molecule has 0 aliphatic carbocycles. The second kappa shape index (κ2) is 202. The maximum atomic E-state index is 9.00. The number of carboxylic acid groups (broad SMARTS) is 1. The zero-order valence-electron chi connectivity index (χ0n) is 8.78. The van der Waals surface area contributed by atoms with E-state index in [1.807, 2.05) is 0 Å². The molecule has 0 aliphatic rings. The van der Waals surface area contributed by atoms with E-state index in [1.54, 1.807) is 0 Å². The van der Waals surface area contributed by atoms with E-state index in [2.05, 4.69) is 0 Å². The Balaban J connectivity index is -0.000000000429. The third-order valence-electron chi connectivity index (χ3n) is 0. The topological polar surface area (TPSA) is 159 Å². The van der Waals surface area contributed by atoms with Crippen LogP contribution in [0.4, 0.5) is 0 Å². The molecule has 0 heterocycles. The number of rotatable bonds is 0. The Labute approximate surface area is 190 Å². The molecule has 0 saturated heterocycles. The van der Waals surface area contributed by atoms with Gasteiger partial charge in [0.2, 0.25) is 0 Å². The average molecular weight is 362 g/mol. The van der Waals surface area contributed by atoms with Gasteiger partial charge in [-0.1, -0.05) is 29.7 Å². The fourth-order valence-electron chi connectivity index (χ4n) is 0. The minimum absolute atomic E-state index is 0. The van der Waals surface area contributed by atoms with Gasteiger partial charge in [0.05, 0.1) is 0 Å². The molecule has 0 rings (SSSR count). The van der Waals surface area contributed by atoms with Gasteiger partial charge in [-0.25, -0.2) is 0 Å². The molecule has 0 atom stereocenters. The molecule has 0 aliphatic heterocycles. The van der Waals surface area contributed by atoms with E-state index in [0.29, 0.717) is 0 Å². The number of aliphatic carboxylic acids is 1. The number of hydrogen-bond donors (Lipinski definition) is 1. The Kier molecular flexibility index (Phi) is 2640. The summed E-state index contributed by atoms with van der Waals surface area (Å²) in [6, 6.07) is 0. The summed E-state index contributed by atoms with van der Waals surface area (Å²) in [6.45, 7) is 1.08. The van der Waals surface area contributed by atoms with Crippen molar-refractivity contribution in [1.82, 2.24) is 0 Å². The van der Waals surface area contributed by atoms with Crippen molar-refractivity contribution in [3.05, 3.63) is 0 Å². The van der Waals surface area contributed by atoms with Gasteiger partial charge < -0.3 is 51.8 Å². The summed E-state index contributed by atoms with van der Waals surface area (Å²) in [5.41, 5.74) is 0. The minimum atomic E-state index is -0.833. The van der Waals surface area contributed by atoms with E-state index >= 15 is 0 Å². The summed E-state index contributed by atoms with van der Waals surface area (Å²) in [5.74, 6) is -0.833. The second-order valence-corrected chi connectivity index (χ2v) is 0.519. The van der Waals surface area contributed by atoms with Crippen molar-refractivity contribution in [3.63, 3.8) is 0 Å². The Hall–Kier alpha value is 2.95. The van der Waals surface area contributed by atoms with Gasteiger partial charge in [-0.05, 0) is 0 Å². The molecule has 0 unspecified atom stereocenters. The summed E-state index contributed by atoms with van der Waals surface area (Å²) in [4.78, 5) is 9.00. The summed E-state index contributed by atoms with van der Waals surface area (Å²) >= 11 is 0. The molecule has 0 bridgehead atoms. The average Bonchev–Trinajstić information content (AvgIpc) is 0.811. The van der Waals surface area contributed by atoms with Crippen molar-refractivity contribution in [2.24, 2.45) is 0 Å². The van der Waals surface area contributed by atoms with Crippen LogP contribution in [0.3, 0.4) is 0 Å². The molecule has 0 aromatic carbocycles. The Morgan fingerprint density at radius 1 is 0.778 bits per heavy atom. The summed E-state index contributed by atoms with van der Waals surface area (Å²) in [5, 5.41) is 7.42. The Morgan fingerprint density at radius 2 is 0.778 bits per heavy atom. The quantitative estimate of drug-likeness (QED) is 0.424. The second-order valence-electron chi connectivity index (χ2n) is 0.519.